The smallest absolute Gasteiger partial charge is 0.430 e. The third kappa shape index (κ3) is 15.3. The van der Waals surface area contributed by atoms with Gasteiger partial charge in [-0.1, -0.05) is 73.1 Å². The lowest BCUT2D eigenvalue weighted by molar-refractivity contribution is -1.11. The molecule has 250 valence electrons. The van der Waals surface area contributed by atoms with Gasteiger partial charge in [-0.25, -0.2) is 0 Å². The number of nitrogens with one attached hydrogen (secondary N) is 2. The van der Waals surface area contributed by atoms with Crippen molar-refractivity contribution in [3.05, 3.63) is 0 Å². The van der Waals surface area contributed by atoms with Crippen molar-refractivity contribution in [2.75, 3.05) is 26.2 Å². The topological polar surface area (TPSA) is 89.1 Å². The van der Waals surface area contributed by atoms with Crippen LogP contribution in [-0.4, -0.2) is 56.6 Å². The van der Waals surface area contributed by atoms with Crippen molar-refractivity contribution in [2.45, 2.75) is 130 Å². The second-order valence-corrected chi connectivity index (χ2v) is 11.8. The molecule has 0 amide bonds. The van der Waals surface area contributed by atoms with Crippen LogP contribution in [0.4, 0.5) is 26.3 Å². The van der Waals surface area contributed by atoms with Gasteiger partial charge in [0.25, 0.3) is 0 Å². The predicted octanol–water partition coefficient (Wildman–Crippen LogP) is 2.95. The van der Waals surface area contributed by atoms with Crippen molar-refractivity contribution in [1.82, 2.24) is 0 Å². The van der Waals surface area contributed by atoms with Gasteiger partial charge in [0.2, 0.25) is 6.17 Å². The Morgan fingerprint density at radius 2 is 0.857 bits per heavy atom. The van der Waals surface area contributed by atoms with E-state index < -0.39 is 24.3 Å². The number of likely N-dealkylation sites (tertiary alicyclic amines) is 2. The first kappa shape index (κ1) is 40.4. The zero-order valence-corrected chi connectivity index (χ0v) is 26.1. The van der Waals surface area contributed by atoms with E-state index in [1.807, 2.05) is 9.80 Å². The largest absolute Gasteiger partial charge is 0.542 e. The van der Waals surface area contributed by atoms with Gasteiger partial charge in [-0.2, -0.15) is 26.3 Å². The van der Waals surface area contributed by atoms with Gasteiger partial charge < -0.3 is 19.8 Å². The van der Waals surface area contributed by atoms with Crippen molar-refractivity contribution in [2.24, 2.45) is 23.7 Å². The molecule has 2 rings (SSSR count). The summed E-state index contributed by atoms with van der Waals surface area (Å²) < 4.78 is 63.1. The third-order valence-electron chi connectivity index (χ3n) is 9.07. The number of alkyl halides is 6. The maximum absolute atomic E-state index is 10.5. The molecule has 0 spiro atoms. The van der Waals surface area contributed by atoms with Crippen LogP contribution in [0.1, 0.15) is 112 Å². The van der Waals surface area contributed by atoms with Crippen LogP contribution >= 0.6 is 0 Å². The summed E-state index contributed by atoms with van der Waals surface area (Å²) in [6, 6.07) is 0. The Morgan fingerprint density at radius 3 is 1.10 bits per heavy atom. The summed E-state index contributed by atoms with van der Waals surface area (Å²) in [6.07, 6.45) is 7.75. The van der Waals surface area contributed by atoms with E-state index in [0.29, 0.717) is 0 Å². The number of carboxylic acids is 2. The molecule has 2 fully saturated rings. The van der Waals surface area contributed by atoms with Gasteiger partial charge in [-0.3, -0.25) is 9.80 Å². The van der Waals surface area contributed by atoms with Crippen molar-refractivity contribution < 1.29 is 55.9 Å². The van der Waals surface area contributed by atoms with E-state index in [4.69, 9.17) is 19.8 Å². The molecule has 0 saturated carbocycles. The number of unbranched alkanes of at least 4 members (excludes halogenated alkanes) is 6. The van der Waals surface area contributed by atoms with Gasteiger partial charge in [0.05, 0.1) is 32.6 Å². The van der Waals surface area contributed by atoms with E-state index in [0.717, 1.165) is 29.8 Å². The molecule has 2 saturated heterocycles. The summed E-state index contributed by atoms with van der Waals surface area (Å²) in [4.78, 5) is 21.6. The Kier molecular flexibility index (Phi) is 19.6. The van der Waals surface area contributed by atoms with Gasteiger partial charge in [0.1, 0.15) is 11.9 Å². The lowest BCUT2D eigenvalue weighted by atomic mass is 9.92. The second kappa shape index (κ2) is 20.4. The maximum atomic E-state index is 10.5. The van der Waals surface area contributed by atoms with Crippen molar-refractivity contribution in [3.63, 3.8) is 0 Å². The second-order valence-electron chi connectivity index (χ2n) is 11.8. The summed E-state index contributed by atoms with van der Waals surface area (Å²) in [6.45, 7) is 17.9. The van der Waals surface area contributed by atoms with E-state index in [2.05, 4.69) is 34.6 Å². The average Bonchev–Trinajstić information content (AvgIpc) is 3.53. The maximum Gasteiger partial charge on any atom is 0.430 e. The van der Waals surface area contributed by atoms with E-state index in [1.165, 1.54) is 103 Å². The predicted molar refractivity (Wildman–Crippen MR) is 145 cm³/mol. The van der Waals surface area contributed by atoms with Gasteiger partial charge in [-0.05, 0) is 32.1 Å². The number of hydrogen-bond acceptors (Lipinski definition) is 4. The molecule has 42 heavy (non-hydrogen) atoms. The van der Waals surface area contributed by atoms with Crippen LogP contribution in [0.2, 0.25) is 0 Å². The third-order valence-corrected chi connectivity index (χ3v) is 9.07. The summed E-state index contributed by atoms with van der Waals surface area (Å²) in [7, 11) is 0. The molecule has 0 aromatic carbocycles. The standard InChI is InChI=1S/C26H52N2.2C2HF3O2/c1-6-11-12-13-14-15-16-17-26(27-18-22(7-2)23(8-3)19-27)28-20-24(9-4)25(10-5)21-28;2*3-2(4,5)1(6)7/h22-26H,6-21H2,1-5H3;2*(H,6,7). The molecular formula is C30H54F6N2O4. The fourth-order valence-corrected chi connectivity index (χ4v) is 6.66. The zero-order chi connectivity index (χ0) is 32.5. The van der Waals surface area contributed by atoms with Gasteiger partial charge in [-0.15, -0.1) is 0 Å². The number of rotatable bonds is 14. The lowest BCUT2D eigenvalue weighted by Gasteiger charge is -2.30. The van der Waals surface area contributed by atoms with Crippen LogP contribution in [0.3, 0.4) is 0 Å². The van der Waals surface area contributed by atoms with Crippen LogP contribution in [0.25, 0.3) is 0 Å². The fraction of sp³-hybridized carbons (Fsp3) is 0.933. The minimum atomic E-state index is -5.19. The Morgan fingerprint density at radius 1 is 0.595 bits per heavy atom. The number of carboxylic acid groups (broad SMARTS) is 2. The summed E-state index contributed by atoms with van der Waals surface area (Å²) in [5.41, 5.74) is 0. The van der Waals surface area contributed by atoms with Gasteiger partial charge >= 0.3 is 12.4 Å². The van der Waals surface area contributed by atoms with E-state index in [1.54, 1.807) is 0 Å². The number of carbonyl (C=O) groups excluding carboxylic acids is 2. The molecule has 0 radical (unpaired) electrons. The Hall–Kier alpha value is -1.56. The molecule has 6 nitrogen and oxygen atoms in total. The normalized spacial score (nSPS) is 26.5. The van der Waals surface area contributed by atoms with Crippen LogP contribution in [0.5, 0.6) is 0 Å². The first-order valence-corrected chi connectivity index (χ1v) is 15.8. The number of halogens is 6. The molecule has 0 aromatic heterocycles. The molecule has 2 N–H and O–H groups in total. The molecule has 2 heterocycles. The molecule has 12 heteroatoms. The molecule has 2 aliphatic rings. The average molecular weight is 621 g/mol. The first-order chi connectivity index (χ1) is 19.6. The highest BCUT2D eigenvalue weighted by Gasteiger charge is 2.45. The van der Waals surface area contributed by atoms with Crippen LogP contribution in [0, 0.1) is 23.7 Å². The van der Waals surface area contributed by atoms with Gasteiger partial charge in [0, 0.05) is 23.7 Å². The highest BCUT2D eigenvalue weighted by atomic mass is 19.4. The van der Waals surface area contributed by atoms with Crippen LogP contribution in [-0.2, 0) is 9.59 Å². The number of carbonyl (C=O) groups is 2. The minimum absolute atomic E-state index is 0.895. The monoisotopic (exact) mass is 620 g/mol. The molecule has 4 unspecified atom stereocenters. The molecule has 2 aliphatic heterocycles. The number of aliphatic carboxylic acids is 2. The van der Waals surface area contributed by atoms with E-state index in [-0.39, 0.29) is 0 Å². The van der Waals surface area contributed by atoms with Crippen molar-refractivity contribution in [3.8, 4) is 0 Å². The summed E-state index contributed by atoms with van der Waals surface area (Å²) >= 11 is 0. The fourth-order valence-electron chi connectivity index (χ4n) is 6.66. The minimum Gasteiger partial charge on any atom is -0.542 e. The Labute approximate surface area is 248 Å². The quantitative estimate of drug-likeness (QED) is 0.231. The van der Waals surface area contributed by atoms with Crippen molar-refractivity contribution in [1.29, 1.82) is 0 Å². The summed E-state index contributed by atoms with van der Waals surface area (Å²) in [5, 5.41) is 17.6. The Bertz CT molecular complexity index is 674. The van der Waals surface area contributed by atoms with E-state index >= 15 is 0 Å². The number of hydrogen-bond donors (Lipinski definition) is 2. The molecule has 0 bridgehead atoms. The Balaban J connectivity index is 0.000000990. The molecule has 4 atom stereocenters. The van der Waals surface area contributed by atoms with Crippen LogP contribution < -0.4 is 20.0 Å². The lowest BCUT2D eigenvalue weighted by Crippen LogP contribution is -3.35. The summed E-state index contributed by atoms with van der Waals surface area (Å²) in [5.74, 6) is -2.06. The molecular weight excluding hydrogens is 566 g/mol. The van der Waals surface area contributed by atoms with Crippen molar-refractivity contribution >= 4 is 11.9 Å². The van der Waals surface area contributed by atoms with Crippen LogP contribution in [0.15, 0.2) is 0 Å². The molecule has 0 aliphatic carbocycles. The first-order valence-electron chi connectivity index (χ1n) is 15.8. The van der Waals surface area contributed by atoms with Gasteiger partial charge in [0.15, 0.2) is 0 Å². The SMILES string of the molecule is CCCCCCCCCC([NH+]1CC(CC)C(CC)C1)[NH+]1CC(CC)C(CC)C1.O=C([O-])C(F)(F)F.O=C([O-])C(F)(F)F. The molecule has 0 aromatic rings. The highest BCUT2D eigenvalue weighted by Crippen LogP contribution is 2.23. The number of quaternary nitrogens is 2. The van der Waals surface area contributed by atoms with E-state index in [9.17, 15) is 26.3 Å². The highest BCUT2D eigenvalue weighted by molar-refractivity contribution is 5.71. The zero-order valence-electron chi connectivity index (χ0n) is 26.1.